The minimum atomic E-state index is -3.04. The third-order valence-electron chi connectivity index (χ3n) is 3.59. The Hall–Kier alpha value is -1.56. The lowest BCUT2D eigenvalue weighted by Crippen LogP contribution is -2.46. The molecule has 0 saturated carbocycles. The molecule has 1 aliphatic heterocycles. The van der Waals surface area contributed by atoms with E-state index in [1.165, 1.54) is 0 Å². The van der Waals surface area contributed by atoms with E-state index in [-0.39, 0.29) is 17.4 Å². The van der Waals surface area contributed by atoms with Crippen molar-refractivity contribution in [1.29, 1.82) is 0 Å². The number of carbonyl (C=O) groups is 1. The molecule has 1 heterocycles. The Morgan fingerprint density at radius 2 is 2.10 bits per heavy atom. The Bertz CT molecular complexity index is 639. The second-order valence-corrected chi connectivity index (χ2v) is 7.73. The average molecular weight is 297 g/mol. The third kappa shape index (κ3) is 3.12. The van der Waals surface area contributed by atoms with E-state index >= 15 is 0 Å². The summed E-state index contributed by atoms with van der Waals surface area (Å²) in [6.45, 7) is 3.66. The summed E-state index contributed by atoms with van der Waals surface area (Å²) >= 11 is 0. The van der Waals surface area contributed by atoms with Crippen molar-refractivity contribution in [2.24, 2.45) is 0 Å². The van der Waals surface area contributed by atoms with Crippen molar-refractivity contribution in [3.63, 3.8) is 0 Å². The lowest BCUT2D eigenvalue weighted by atomic mass is 10.0. The molecule has 1 N–H and O–H groups in total. The summed E-state index contributed by atoms with van der Waals surface area (Å²) in [5.74, 6) is 0.486. The Morgan fingerprint density at radius 3 is 2.65 bits per heavy atom. The Kier molecular flexibility index (Phi) is 3.77. The van der Waals surface area contributed by atoms with Gasteiger partial charge in [0.25, 0.3) is 5.91 Å². The zero-order valence-electron chi connectivity index (χ0n) is 11.9. The van der Waals surface area contributed by atoms with Gasteiger partial charge in [0.2, 0.25) is 0 Å². The SMILES string of the molecule is COc1cc(C(=O)NC2(C)CCS(=O)(=O)C2)ccc1C. The van der Waals surface area contributed by atoms with Gasteiger partial charge in [0.05, 0.1) is 24.2 Å². The van der Waals surface area contributed by atoms with Crippen LogP contribution in [0.5, 0.6) is 5.75 Å². The van der Waals surface area contributed by atoms with E-state index in [0.717, 1.165) is 5.56 Å². The summed E-state index contributed by atoms with van der Waals surface area (Å²) in [5.41, 5.74) is 0.727. The average Bonchev–Trinajstić information content (AvgIpc) is 2.63. The van der Waals surface area contributed by atoms with Gasteiger partial charge in [-0.25, -0.2) is 8.42 Å². The lowest BCUT2D eigenvalue weighted by molar-refractivity contribution is 0.0915. The van der Waals surface area contributed by atoms with Gasteiger partial charge in [-0.1, -0.05) is 6.07 Å². The number of rotatable bonds is 3. The summed E-state index contributed by atoms with van der Waals surface area (Å²) in [4.78, 5) is 12.2. The highest BCUT2D eigenvalue weighted by atomic mass is 32.2. The van der Waals surface area contributed by atoms with Crippen LogP contribution in [0.3, 0.4) is 0 Å². The zero-order valence-corrected chi connectivity index (χ0v) is 12.7. The van der Waals surface area contributed by atoms with Crippen molar-refractivity contribution in [2.75, 3.05) is 18.6 Å². The van der Waals surface area contributed by atoms with Crippen LogP contribution < -0.4 is 10.1 Å². The molecule has 1 amide bonds. The number of hydrogen-bond acceptors (Lipinski definition) is 4. The van der Waals surface area contributed by atoms with E-state index in [0.29, 0.717) is 17.7 Å². The summed E-state index contributed by atoms with van der Waals surface area (Å²) < 4.78 is 28.3. The van der Waals surface area contributed by atoms with Crippen molar-refractivity contribution in [2.45, 2.75) is 25.8 Å². The van der Waals surface area contributed by atoms with E-state index in [9.17, 15) is 13.2 Å². The highest BCUT2D eigenvalue weighted by Gasteiger charge is 2.39. The number of amides is 1. The summed E-state index contributed by atoms with van der Waals surface area (Å²) in [5, 5.41) is 2.82. The van der Waals surface area contributed by atoms with Crippen molar-refractivity contribution < 1.29 is 17.9 Å². The van der Waals surface area contributed by atoms with Gasteiger partial charge in [-0.05, 0) is 38.0 Å². The zero-order chi connectivity index (χ0) is 15.0. The van der Waals surface area contributed by atoms with Gasteiger partial charge in [0, 0.05) is 5.56 Å². The van der Waals surface area contributed by atoms with Crippen LogP contribution >= 0.6 is 0 Å². The molecule has 1 atom stereocenters. The molecule has 6 heteroatoms. The van der Waals surface area contributed by atoms with Crippen LogP contribution in [0.4, 0.5) is 0 Å². The molecule has 1 fully saturated rings. The van der Waals surface area contributed by atoms with Crippen LogP contribution in [-0.4, -0.2) is 38.5 Å². The van der Waals surface area contributed by atoms with Gasteiger partial charge < -0.3 is 10.1 Å². The van der Waals surface area contributed by atoms with Crippen molar-refractivity contribution in [3.8, 4) is 5.75 Å². The summed E-state index contributed by atoms with van der Waals surface area (Å²) in [7, 11) is -1.49. The van der Waals surface area contributed by atoms with Crippen LogP contribution in [0.2, 0.25) is 0 Å². The molecule has 1 aromatic rings. The minimum absolute atomic E-state index is 0.00522. The summed E-state index contributed by atoms with van der Waals surface area (Å²) in [6.07, 6.45) is 0.448. The normalized spacial score (nSPS) is 24.4. The molecule has 0 radical (unpaired) electrons. The van der Waals surface area contributed by atoms with Crippen LogP contribution in [0, 0.1) is 6.92 Å². The second kappa shape index (κ2) is 5.09. The van der Waals surface area contributed by atoms with Gasteiger partial charge in [-0.2, -0.15) is 0 Å². The topological polar surface area (TPSA) is 72.5 Å². The first-order valence-corrected chi connectivity index (χ1v) is 8.24. The van der Waals surface area contributed by atoms with Crippen LogP contribution in [0.25, 0.3) is 0 Å². The fourth-order valence-electron chi connectivity index (χ4n) is 2.42. The van der Waals surface area contributed by atoms with Gasteiger partial charge >= 0.3 is 0 Å². The molecule has 20 heavy (non-hydrogen) atoms. The number of benzene rings is 1. The van der Waals surface area contributed by atoms with E-state index in [1.807, 2.05) is 13.0 Å². The molecule has 1 aliphatic rings. The molecule has 2 rings (SSSR count). The van der Waals surface area contributed by atoms with Crippen molar-refractivity contribution in [1.82, 2.24) is 5.32 Å². The highest BCUT2D eigenvalue weighted by molar-refractivity contribution is 7.91. The quantitative estimate of drug-likeness (QED) is 0.913. The van der Waals surface area contributed by atoms with Crippen molar-refractivity contribution in [3.05, 3.63) is 29.3 Å². The van der Waals surface area contributed by atoms with E-state index in [1.54, 1.807) is 26.2 Å². The molecular formula is C14H19NO4S. The van der Waals surface area contributed by atoms with Crippen molar-refractivity contribution >= 4 is 15.7 Å². The maximum Gasteiger partial charge on any atom is 0.251 e. The smallest absolute Gasteiger partial charge is 0.251 e. The molecule has 0 spiro atoms. The molecule has 0 bridgehead atoms. The van der Waals surface area contributed by atoms with Gasteiger partial charge in [0.15, 0.2) is 9.84 Å². The Balaban J connectivity index is 2.17. The largest absolute Gasteiger partial charge is 0.496 e. The molecule has 5 nitrogen and oxygen atoms in total. The number of nitrogens with one attached hydrogen (secondary N) is 1. The van der Waals surface area contributed by atoms with Gasteiger partial charge in [-0.15, -0.1) is 0 Å². The van der Waals surface area contributed by atoms with E-state index < -0.39 is 15.4 Å². The third-order valence-corrected chi connectivity index (χ3v) is 5.49. The Labute approximate surface area is 119 Å². The maximum absolute atomic E-state index is 12.2. The van der Waals surface area contributed by atoms with E-state index in [4.69, 9.17) is 4.74 Å². The molecule has 0 aromatic heterocycles. The number of sulfone groups is 1. The predicted octanol–water partition coefficient (Wildman–Crippen LogP) is 1.31. The maximum atomic E-state index is 12.2. The van der Waals surface area contributed by atoms with E-state index in [2.05, 4.69) is 5.32 Å². The molecule has 1 aromatic carbocycles. The number of hydrogen-bond donors (Lipinski definition) is 1. The number of ether oxygens (including phenoxy) is 1. The fourth-order valence-corrected chi connectivity index (χ4v) is 4.51. The standard InChI is InChI=1S/C14H19NO4S/c1-10-4-5-11(8-12(10)19-3)13(16)15-14(2)6-7-20(17,18)9-14/h4-5,8H,6-7,9H2,1-3H3,(H,15,16). The molecule has 110 valence electrons. The second-order valence-electron chi connectivity index (χ2n) is 5.54. The number of methoxy groups -OCH3 is 1. The molecular weight excluding hydrogens is 278 g/mol. The van der Waals surface area contributed by atoms with Gasteiger partial charge in [-0.3, -0.25) is 4.79 Å². The minimum Gasteiger partial charge on any atom is -0.496 e. The van der Waals surface area contributed by atoms with Gasteiger partial charge in [0.1, 0.15) is 5.75 Å². The Morgan fingerprint density at radius 1 is 1.40 bits per heavy atom. The van der Waals surface area contributed by atoms with Crippen LogP contribution in [0.1, 0.15) is 29.3 Å². The highest BCUT2D eigenvalue weighted by Crippen LogP contribution is 2.24. The first-order chi connectivity index (χ1) is 9.25. The predicted molar refractivity (Wildman–Crippen MR) is 76.9 cm³/mol. The lowest BCUT2D eigenvalue weighted by Gasteiger charge is -2.24. The molecule has 0 aliphatic carbocycles. The monoisotopic (exact) mass is 297 g/mol. The van der Waals surface area contributed by atoms with Crippen LogP contribution in [0.15, 0.2) is 18.2 Å². The number of carbonyl (C=O) groups excluding carboxylic acids is 1. The first kappa shape index (κ1) is 14.8. The summed E-state index contributed by atoms with van der Waals surface area (Å²) in [6, 6.07) is 5.18. The number of aryl methyl sites for hydroxylation is 1. The molecule has 1 unspecified atom stereocenters. The molecule has 1 saturated heterocycles. The van der Waals surface area contributed by atoms with Crippen LogP contribution in [-0.2, 0) is 9.84 Å². The fraction of sp³-hybridized carbons (Fsp3) is 0.500. The first-order valence-electron chi connectivity index (χ1n) is 6.42.